The van der Waals surface area contributed by atoms with E-state index in [1.165, 1.54) is 23.0 Å². The summed E-state index contributed by atoms with van der Waals surface area (Å²) >= 11 is 1.42. The van der Waals surface area contributed by atoms with Crippen LogP contribution in [0.1, 0.15) is 19.4 Å². The van der Waals surface area contributed by atoms with Gasteiger partial charge in [0.1, 0.15) is 0 Å². The number of rotatable bonds is 10. The van der Waals surface area contributed by atoms with Crippen molar-refractivity contribution in [2.45, 2.75) is 32.5 Å². The van der Waals surface area contributed by atoms with E-state index < -0.39 is 0 Å². The molecule has 0 unspecified atom stereocenters. The van der Waals surface area contributed by atoms with Gasteiger partial charge in [0.05, 0.1) is 5.75 Å². The van der Waals surface area contributed by atoms with E-state index in [0.717, 1.165) is 36.2 Å². The number of likely N-dealkylation sites (N-methyl/N-ethyl adjacent to an activating group) is 1. The molecule has 1 aromatic heterocycles. The monoisotopic (exact) mass is 423 g/mol. The molecule has 3 aromatic rings. The van der Waals surface area contributed by atoms with Gasteiger partial charge in [0.25, 0.3) is 0 Å². The number of thioether (sulfide) groups is 1. The number of carbonyl (C=O) groups excluding carboxylic acids is 1. The van der Waals surface area contributed by atoms with Crippen molar-refractivity contribution in [2.24, 2.45) is 0 Å². The van der Waals surface area contributed by atoms with Crippen molar-refractivity contribution >= 4 is 23.4 Å². The Balaban J connectivity index is 1.51. The maximum atomic E-state index is 12.3. The summed E-state index contributed by atoms with van der Waals surface area (Å²) in [7, 11) is 0. The molecule has 0 fully saturated rings. The Morgan fingerprint density at radius 3 is 2.60 bits per heavy atom. The average molecular weight is 424 g/mol. The number of benzene rings is 2. The molecule has 0 radical (unpaired) electrons. The molecule has 0 saturated heterocycles. The van der Waals surface area contributed by atoms with Crippen LogP contribution in [-0.2, 0) is 11.3 Å². The van der Waals surface area contributed by atoms with E-state index in [0.29, 0.717) is 12.3 Å². The third-order valence-corrected chi connectivity index (χ3v) is 5.82. The maximum absolute atomic E-state index is 12.3. The highest BCUT2D eigenvalue weighted by molar-refractivity contribution is 7.99. The van der Waals surface area contributed by atoms with E-state index in [1.54, 1.807) is 0 Å². The summed E-state index contributed by atoms with van der Waals surface area (Å²) in [6.07, 6.45) is 0. The molecule has 1 amide bonds. The highest BCUT2D eigenvalue weighted by atomic mass is 32.2. The highest BCUT2D eigenvalue weighted by Gasteiger charge is 2.14. The number of amides is 1. The van der Waals surface area contributed by atoms with Gasteiger partial charge in [-0.2, -0.15) is 0 Å². The standard InChI is InChI=1S/C23H29N5OS/c1-4-27(20-13-9-10-18(3)16-20)15-14-24-21(29)17-30-23-26-25-22(28(23)5-2)19-11-7-6-8-12-19/h6-13,16H,4-5,14-15,17H2,1-3H3,(H,24,29). The van der Waals surface area contributed by atoms with Gasteiger partial charge in [0.15, 0.2) is 11.0 Å². The molecule has 7 heteroatoms. The normalized spacial score (nSPS) is 10.8. The molecular formula is C23H29N5OS. The number of aromatic nitrogens is 3. The predicted octanol–water partition coefficient (Wildman–Crippen LogP) is 4.01. The van der Waals surface area contributed by atoms with E-state index >= 15 is 0 Å². The number of aryl methyl sites for hydroxylation is 1. The van der Waals surface area contributed by atoms with Crippen LogP contribution in [0, 0.1) is 6.92 Å². The second-order valence-corrected chi connectivity index (χ2v) is 7.92. The Hall–Kier alpha value is -2.80. The SMILES string of the molecule is CCN(CCNC(=O)CSc1nnc(-c2ccccc2)n1CC)c1cccc(C)c1. The topological polar surface area (TPSA) is 63.1 Å². The van der Waals surface area contributed by atoms with Crippen LogP contribution in [0.2, 0.25) is 0 Å². The zero-order valence-corrected chi connectivity index (χ0v) is 18.7. The van der Waals surface area contributed by atoms with E-state index in [-0.39, 0.29) is 5.91 Å². The molecule has 0 bridgehead atoms. The molecule has 30 heavy (non-hydrogen) atoms. The van der Waals surface area contributed by atoms with Crippen LogP contribution in [0.25, 0.3) is 11.4 Å². The third-order valence-electron chi connectivity index (χ3n) is 4.85. The van der Waals surface area contributed by atoms with Crippen LogP contribution in [0.15, 0.2) is 59.8 Å². The molecule has 0 aliphatic carbocycles. The van der Waals surface area contributed by atoms with Crippen LogP contribution >= 0.6 is 11.8 Å². The lowest BCUT2D eigenvalue weighted by Gasteiger charge is -2.23. The van der Waals surface area contributed by atoms with Gasteiger partial charge < -0.3 is 14.8 Å². The largest absolute Gasteiger partial charge is 0.370 e. The Kier molecular flexibility index (Phi) is 7.90. The summed E-state index contributed by atoms with van der Waals surface area (Å²) in [5.74, 6) is 1.16. The van der Waals surface area contributed by atoms with E-state index in [1.807, 2.05) is 34.9 Å². The molecule has 2 aromatic carbocycles. The molecule has 0 atom stereocenters. The molecule has 0 saturated carbocycles. The molecule has 1 heterocycles. The molecule has 0 spiro atoms. The first-order valence-corrected chi connectivity index (χ1v) is 11.3. The highest BCUT2D eigenvalue weighted by Crippen LogP contribution is 2.23. The van der Waals surface area contributed by atoms with E-state index in [4.69, 9.17) is 0 Å². The smallest absolute Gasteiger partial charge is 0.230 e. The number of nitrogens with one attached hydrogen (secondary N) is 1. The summed E-state index contributed by atoms with van der Waals surface area (Å²) in [6, 6.07) is 18.4. The molecule has 158 valence electrons. The van der Waals surface area contributed by atoms with Crippen molar-refractivity contribution in [2.75, 3.05) is 30.3 Å². The zero-order chi connectivity index (χ0) is 21.3. The van der Waals surface area contributed by atoms with Gasteiger partial charge in [-0.25, -0.2) is 0 Å². The Bertz CT molecular complexity index is 957. The fourth-order valence-corrected chi connectivity index (χ4v) is 4.12. The van der Waals surface area contributed by atoms with Crippen LogP contribution in [-0.4, -0.2) is 46.1 Å². The van der Waals surface area contributed by atoms with Gasteiger partial charge in [-0.1, -0.05) is 54.2 Å². The first kappa shape index (κ1) is 21.9. The number of anilines is 1. The van der Waals surface area contributed by atoms with Gasteiger partial charge in [0, 0.05) is 37.4 Å². The summed E-state index contributed by atoms with van der Waals surface area (Å²) in [4.78, 5) is 14.6. The first-order chi connectivity index (χ1) is 14.6. The predicted molar refractivity (Wildman–Crippen MR) is 124 cm³/mol. The third kappa shape index (κ3) is 5.63. The minimum Gasteiger partial charge on any atom is -0.370 e. The molecule has 0 aliphatic heterocycles. The summed E-state index contributed by atoms with van der Waals surface area (Å²) < 4.78 is 2.05. The molecular weight excluding hydrogens is 394 g/mol. The van der Waals surface area contributed by atoms with Gasteiger partial charge in [-0.15, -0.1) is 10.2 Å². The van der Waals surface area contributed by atoms with Crippen LogP contribution in [0.5, 0.6) is 0 Å². The summed E-state index contributed by atoms with van der Waals surface area (Å²) in [5.41, 5.74) is 3.45. The van der Waals surface area contributed by atoms with E-state index in [2.05, 4.69) is 65.5 Å². The molecule has 6 nitrogen and oxygen atoms in total. The fraction of sp³-hybridized carbons (Fsp3) is 0.348. The Labute approximate surface area is 182 Å². The first-order valence-electron chi connectivity index (χ1n) is 10.3. The van der Waals surface area contributed by atoms with Crippen molar-refractivity contribution in [1.82, 2.24) is 20.1 Å². The number of carbonyl (C=O) groups is 1. The summed E-state index contributed by atoms with van der Waals surface area (Å²) in [5, 5.41) is 12.4. The second-order valence-electron chi connectivity index (χ2n) is 6.97. The van der Waals surface area contributed by atoms with Crippen molar-refractivity contribution in [3.05, 3.63) is 60.2 Å². The van der Waals surface area contributed by atoms with E-state index in [9.17, 15) is 4.79 Å². The number of hydrogen-bond donors (Lipinski definition) is 1. The summed E-state index contributed by atoms with van der Waals surface area (Å²) in [6.45, 7) is 9.32. The van der Waals surface area contributed by atoms with Gasteiger partial charge in [-0.3, -0.25) is 4.79 Å². The van der Waals surface area contributed by atoms with Crippen molar-refractivity contribution in [3.8, 4) is 11.4 Å². The number of hydrogen-bond acceptors (Lipinski definition) is 5. The molecule has 3 rings (SSSR count). The lowest BCUT2D eigenvalue weighted by molar-refractivity contribution is -0.118. The van der Waals surface area contributed by atoms with Crippen molar-refractivity contribution in [3.63, 3.8) is 0 Å². The van der Waals surface area contributed by atoms with Gasteiger partial charge in [-0.05, 0) is 38.5 Å². The zero-order valence-electron chi connectivity index (χ0n) is 17.8. The minimum absolute atomic E-state index is 0.00668. The molecule has 1 N–H and O–H groups in total. The Morgan fingerprint density at radius 2 is 1.90 bits per heavy atom. The Morgan fingerprint density at radius 1 is 1.10 bits per heavy atom. The van der Waals surface area contributed by atoms with Gasteiger partial charge >= 0.3 is 0 Å². The van der Waals surface area contributed by atoms with Crippen molar-refractivity contribution in [1.29, 1.82) is 0 Å². The van der Waals surface area contributed by atoms with Crippen LogP contribution in [0.4, 0.5) is 5.69 Å². The minimum atomic E-state index is 0.00668. The van der Waals surface area contributed by atoms with Crippen LogP contribution in [0.3, 0.4) is 0 Å². The second kappa shape index (κ2) is 10.8. The quantitative estimate of drug-likeness (QED) is 0.499. The van der Waals surface area contributed by atoms with Crippen LogP contribution < -0.4 is 10.2 Å². The van der Waals surface area contributed by atoms with Crippen molar-refractivity contribution < 1.29 is 4.79 Å². The molecule has 0 aliphatic rings. The average Bonchev–Trinajstić information content (AvgIpc) is 3.19. The maximum Gasteiger partial charge on any atom is 0.230 e. The lowest BCUT2D eigenvalue weighted by atomic mass is 10.2. The van der Waals surface area contributed by atoms with Gasteiger partial charge in [0.2, 0.25) is 5.91 Å². The lowest BCUT2D eigenvalue weighted by Crippen LogP contribution is -2.35. The fourth-order valence-electron chi connectivity index (χ4n) is 3.29. The number of nitrogens with zero attached hydrogens (tertiary/aromatic N) is 4.